The van der Waals surface area contributed by atoms with Gasteiger partial charge in [-0.05, 0) is 30.7 Å². The molecular formula is C12H17F2NO2. The minimum Gasteiger partial charge on any atom is -0.493 e. The second-order valence-electron chi connectivity index (χ2n) is 3.53. The molecule has 0 radical (unpaired) electrons. The Kier molecular flexibility index (Phi) is 5.69. The van der Waals surface area contributed by atoms with Crippen LogP contribution in [0.3, 0.4) is 0 Å². The first-order chi connectivity index (χ1) is 8.17. The van der Waals surface area contributed by atoms with Crippen molar-refractivity contribution in [1.82, 2.24) is 5.32 Å². The minimum atomic E-state index is -2.31. The van der Waals surface area contributed by atoms with Crippen LogP contribution < -0.4 is 14.8 Å². The Labute approximate surface area is 99.7 Å². The van der Waals surface area contributed by atoms with Gasteiger partial charge in [-0.3, -0.25) is 0 Å². The third kappa shape index (κ3) is 4.56. The van der Waals surface area contributed by atoms with Crippen molar-refractivity contribution in [3.63, 3.8) is 0 Å². The molecule has 5 heteroatoms. The molecule has 1 aromatic carbocycles. The quantitative estimate of drug-likeness (QED) is 0.746. The van der Waals surface area contributed by atoms with E-state index in [1.54, 1.807) is 20.3 Å². The van der Waals surface area contributed by atoms with Crippen LogP contribution in [0, 0.1) is 0 Å². The number of methoxy groups -OCH3 is 2. The van der Waals surface area contributed by atoms with Crippen molar-refractivity contribution in [2.45, 2.75) is 12.8 Å². The molecule has 0 atom stereocenters. The van der Waals surface area contributed by atoms with Crippen molar-refractivity contribution in [2.75, 3.05) is 27.3 Å². The van der Waals surface area contributed by atoms with Crippen molar-refractivity contribution < 1.29 is 18.3 Å². The van der Waals surface area contributed by atoms with Gasteiger partial charge in [0.2, 0.25) is 0 Å². The first-order valence-corrected chi connectivity index (χ1v) is 5.37. The van der Waals surface area contributed by atoms with Crippen molar-refractivity contribution in [3.05, 3.63) is 23.8 Å². The van der Waals surface area contributed by atoms with Crippen molar-refractivity contribution in [1.29, 1.82) is 0 Å². The van der Waals surface area contributed by atoms with E-state index in [-0.39, 0.29) is 6.54 Å². The van der Waals surface area contributed by atoms with Gasteiger partial charge in [-0.1, -0.05) is 6.07 Å². The summed E-state index contributed by atoms with van der Waals surface area (Å²) in [6.45, 7) is 0.243. The highest BCUT2D eigenvalue weighted by Gasteiger charge is 2.05. The van der Waals surface area contributed by atoms with Crippen LogP contribution in [-0.2, 0) is 6.42 Å². The molecule has 0 amide bonds. The van der Waals surface area contributed by atoms with Crippen LogP contribution in [0.4, 0.5) is 8.78 Å². The molecule has 0 aliphatic rings. The third-order valence-corrected chi connectivity index (χ3v) is 2.34. The number of rotatable bonds is 7. The zero-order valence-corrected chi connectivity index (χ0v) is 10.0. The highest BCUT2D eigenvalue weighted by molar-refractivity contribution is 5.42. The lowest BCUT2D eigenvalue weighted by atomic mass is 10.1. The van der Waals surface area contributed by atoms with E-state index in [1.807, 2.05) is 12.1 Å². The summed E-state index contributed by atoms with van der Waals surface area (Å²) in [7, 11) is 3.14. The number of benzene rings is 1. The molecule has 17 heavy (non-hydrogen) atoms. The van der Waals surface area contributed by atoms with Gasteiger partial charge in [0.1, 0.15) is 0 Å². The number of halogens is 2. The Hall–Kier alpha value is -1.36. The molecule has 0 heterocycles. The van der Waals surface area contributed by atoms with Gasteiger partial charge in [-0.2, -0.15) is 0 Å². The van der Waals surface area contributed by atoms with Gasteiger partial charge in [-0.25, -0.2) is 8.78 Å². The zero-order chi connectivity index (χ0) is 12.7. The summed E-state index contributed by atoms with van der Waals surface area (Å²) in [4.78, 5) is 0. The number of hydrogen-bond acceptors (Lipinski definition) is 3. The topological polar surface area (TPSA) is 30.5 Å². The second kappa shape index (κ2) is 7.06. The summed E-state index contributed by atoms with van der Waals surface area (Å²) < 4.78 is 34.0. The lowest BCUT2D eigenvalue weighted by Crippen LogP contribution is -2.23. The van der Waals surface area contributed by atoms with E-state index in [9.17, 15) is 8.78 Å². The molecule has 1 rings (SSSR count). The van der Waals surface area contributed by atoms with Crippen LogP contribution in [0.2, 0.25) is 0 Å². The SMILES string of the molecule is COc1ccc(CCNCC(F)F)cc1OC. The number of ether oxygens (including phenoxy) is 2. The van der Waals surface area contributed by atoms with Gasteiger partial charge in [0.25, 0.3) is 6.43 Å². The Balaban J connectivity index is 2.48. The van der Waals surface area contributed by atoms with E-state index in [1.165, 1.54) is 0 Å². The lowest BCUT2D eigenvalue weighted by Gasteiger charge is -2.09. The molecule has 0 fully saturated rings. The lowest BCUT2D eigenvalue weighted by molar-refractivity contribution is 0.146. The Morgan fingerprint density at radius 2 is 1.88 bits per heavy atom. The smallest absolute Gasteiger partial charge is 0.250 e. The molecule has 0 saturated heterocycles. The van der Waals surface area contributed by atoms with E-state index in [0.29, 0.717) is 24.5 Å². The maximum atomic E-state index is 11.9. The van der Waals surface area contributed by atoms with Gasteiger partial charge in [0, 0.05) is 0 Å². The summed E-state index contributed by atoms with van der Waals surface area (Å²) in [5, 5.41) is 2.68. The van der Waals surface area contributed by atoms with E-state index < -0.39 is 6.43 Å². The van der Waals surface area contributed by atoms with Gasteiger partial charge in [-0.15, -0.1) is 0 Å². The highest BCUT2D eigenvalue weighted by Crippen LogP contribution is 2.27. The monoisotopic (exact) mass is 245 g/mol. The first-order valence-electron chi connectivity index (χ1n) is 5.37. The second-order valence-corrected chi connectivity index (χ2v) is 3.53. The van der Waals surface area contributed by atoms with Crippen molar-refractivity contribution in [2.24, 2.45) is 0 Å². The maximum absolute atomic E-state index is 11.9. The average molecular weight is 245 g/mol. The average Bonchev–Trinajstić information content (AvgIpc) is 2.34. The van der Waals surface area contributed by atoms with E-state index in [0.717, 1.165) is 5.56 Å². The van der Waals surface area contributed by atoms with Crippen LogP contribution in [0.15, 0.2) is 18.2 Å². The fourth-order valence-electron chi connectivity index (χ4n) is 1.48. The van der Waals surface area contributed by atoms with Crippen molar-refractivity contribution in [3.8, 4) is 11.5 Å². The maximum Gasteiger partial charge on any atom is 0.250 e. The van der Waals surface area contributed by atoms with Crippen LogP contribution in [0.5, 0.6) is 11.5 Å². The minimum absolute atomic E-state index is 0.271. The predicted molar refractivity (Wildman–Crippen MR) is 62.1 cm³/mol. The molecule has 0 saturated carbocycles. The molecule has 0 aromatic heterocycles. The molecule has 1 N–H and O–H groups in total. The summed E-state index contributed by atoms with van der Waals surface area (Å²) in [6, 6.07) is 5.55. The zero-order valence-electron chi connectivity index (χ0n) is 10.0. The molecule has 96 valence electrons. The highest BCUT2D eigenvalue weighted by atomic mass is 19.3. The molecule has 0 bridgehead atoms. The van der Waals surface area contributed by atoms with Crippen LogP contribution in [-0.4, -0.2) is 33.7 Å². The summed E-state index contributed by atoms with van der Waals surface area (Å²) >= 11 is 0. The van der Waals surface area contributed by atoms with E-state index >= 15 is 0 Å². The summed E-state index contributed by atoms with van der Waals surface area (Å²) in [5.74, 6) is 1.32. The Bertz CT molecular complexity index is 345. The van der Waals surface area contributed by atoms with E-state index in [4.69, 9.17) is 9.47 Å². The number of nitrogens with one attached hydrogen (secondary N) is 1. The largest absolute Gasteiger partial charge is 0.493 e. The third-order valence-electron chi connectivity index (χ3n) is 2.34. The van der Waals surface area contributed by atoms with Crippen LogP contribution >= 0.6 is 0 Å². The summed E-state index contributed by atoms with van der Waals surface area (Å²) in [6.07, 6.45) is -1.63. The van der Waals surface area contributed by atoms with Gasteiger partial charge >= 0.3 is 0 Å². The normalized spacial score (nSPS) is 10.6. The molecule has 0 spiro atoms. The fraction of sp³-hybridized carbons (Fsp3) is 0.500. The van der Waals surface area contributed by atoms with E-state index in [2.05, 4.69) is 5.32 Å². The van der Waals surface area contributed by atoms with Crippen LogP contribution in [0.1, 0.15) is 5.56 Å². The molecular weight excluding hydrogens is 228 g/mol. The molecule has 0 aliphatic heterocycles. The van der Waals surface area contributed by atoms with Crippen molar-refractivity contribution >= 4 is 0 Å². The standard InChI is InChI=1S/C12H17F2NO2/c1-16-10-4-3-9(7-11(10)17-2)5-6-15-8-12(13)14/h3-4,7,12,15H,5-6,8H2,1-2H3. The Morgan fingerprint density at radius 1 is 1.18 bits per heavy atom. The molecule has 3 nitrogen and oxygen atoms in total. The van der Waals surface area contributed by atoms with Gasteiger partial charge in [0.05, 0.1) is 20.8 Å². The first kappa shape index (κ1) is 13.7. The predicted octanol–water partition coefficient (Wildman–Crippen LogP) is 2.10. The number of alkyl halides is 2. The van der Waals surface area contributed by atoms with Gasteiger partial charge < -0.3 is 14.8 Å². The molecule has 0 aliphatic carbocycles. The molecule has 0 unspecified atom stereocenters. The summed E-state index contributed by atoms with van der Waals surface area (Å²) in [5.41, 5.74) is 1.02. The fourth-order valence-corrected chi connectivity index (χ4v) is 1.48. The Morgan fingerprint density at radius 3 is 2.47 bits per heavy atom. The van der Waals surface area contributed by atoms with Crippen LogP contribution in [0.25, 0.3) is 0 Å². The number of hydrogen-bond donors (Lipinski definition) is 1. The molecule has 1 aromatic rings. The van der Waals surface area contributed by atoms with Gasteiger partial charge in [0.15, 0.2) is 11.5 Å².